The molecule has 0 amide bonds. The number of halogens is 1. The lowest BCUT2D eigenvalue weighted by Crippen LogP contribution is -2.58. The average molecular weight is 286 g/mol. The predicted molar refractivity (Wildman–Crippen MR) is 76.8 cm³/mol. The summed E-state index contributed by atoms with van der Waals surface area (Å²) in [5.41, 5.74) is 0. The van der Waals surface area contributed by atoms with Gasteiger partial charge in [-0.3, -0.25) is 0 Å². The molecule has 0 unspecified atom stereocenters. The van der Waals surface area contributed by atoms with E-state index in [1.165, 1.54) is 4.38 Å². The van der Waals surface area contributed by atoms with Crippen LogP contribution in [0.4, 0.5) is 0 Å². The minimum Gasteiger partial charge on any atom is -0.444 e. The molecule has 0 aromatic heterocycles. The van der Waals surface area contributed by atoms with Crippen molar-refractivity contribution in [1.82, 2.24) is 4.48 Å². The van der Waals surface area contributed by atoms with Crippen molar-refractivity contribution < 1.29 is 0 Å². The molecule has 0 N–H and O–H groups in total. The fourth-order valence-electron chi connectivity index (χ4n) is 1.69. The van der Waals surface area contributed by atoms with Gasteiger partial charge in [-0.25, -0.2) is 0 Å². The molecule has 1 aliphatic heterocycles. The lowest BCUT2D eigenvalue weighted by molar-refractivity contribution is 0.652. The van der Waals surface area contributed by atoms with Crippen LogP contribution in [0.1, 0.15) is 20.8 Å². The Bertz CT molecular complexity index is 304. The molecule has 0 bridgehead atoms. The van der Waals surface area contributed by atoms with Gasteiger partial charge in [-0.2, -0.15) is 0 Å². The molecule has 15 heavy (non-hydrogen) atoms. The van der Waals surface area contributed by atoms with E-state index in [1.807, 2.05) is 0 Å². The Morgan fingerprint density at radius 3 is 2.33 bits per heavy atom. The minimum absolute atomic E-state index is 0.385. The van der Waals surface area contributed by atoms with E-state index in [0.29, 0.717) is 11.9 Å². The fourth-order valence-corrected chi connectivity index (χ4v) is 4.59. The second-order valence-electron chi connectivity index (χ2n) is 5.79. The number of allylic oxidation sites excluding steroid dienone is 2. The fraction of sp³-hybridized carbons (Fsp3) is 0.636. The maximum atomic E-state index is 3.64. The Labute approximate surface area is 104 Å². The zero-order valence-corrected chi connectivity index (χ0v) is 13.2. The number of hydrogen-bond acceptors (Lipinski definition) is 1. The normalized spacial score (nSPS) is 18.2. The van der Waals surface area contributed by atoms with Gasteiger partial charge in [0.2, 0.25) is 0 Å². The van der Waals surface area contributed by atoms with E-state index in [2.05, 4.69) is 79.4 Å². The van der Waals surface area contributed by atoms with Crippen molar-refractivity contribution in [2.75, 3.05) is 0 Å². The molecule has 1 heterocycles. The SMILES string of the molecule is CB1C(Br)=CC=CN1[Si](C)(C)C(C)(C)C. The predicted octanol–water partition coefficient (Wildman–Crippen LogP) is 4.26. The van der Waals surface area contributed by atoms with Crippen LogP contribution >= 0.6 is 15.9 Å². The molecule has 1 nitrogen and oxygen atoms in total. The first-order chi connectivity index (χ1) is 6.68. The Morgan fingerprint density at radius 2 is 1.87 bits per heavy atom. The lowest BCUT2D eigenvalue weighted by Gasteiger charge is -2.49. The molecule has 0 aromatic carbocycles. The molecule has 84 valence electrons. The van der Waals surface area contributed by atoms with Gasteiger partial charge in [-0.1, -0.05) is 62.7 Å². The first kappa shape index (κ1) is 13.1. The number of rotatable bonds is 1. The van der Waals surface area contributed by atoms with Crippen LogP contribution < -0.4 is 0 Å². The van der Waals surface area contributed by atoms with E-state index < -0.39 is 8.24 Å². The van der Waals surface area contributed by atoms with Crippen molar-refractivity contribution in [3.63, 3.8) is 0 Å². The highest BCUT2D eigenvalue weighted by Crippen LogP contribution is 2.40. The van der Waals surface area contributed by atoms with Gasteiger partial charge in [0.25, 0.3) is 6.85 Å². The number of hydrogen-bond donors (Lipinski definition) is 0. The molecule has 0 spiro atoms. The molecule has 0 saturated carbocycles. The van der Waals surface area contributed by atoms with Gasteiger partial charge in [-0.15, -0.1) is 0 Å². The van der Waals surface area contributed by atoms with E-state index >= 15 is 0 Å². The van der Waals surface area contributed by atoms with Gasteiger partial charge >= 0.3 is 0 Å². The molecular weight excluding hydrogens is 265 g/mol. The summed E-state index contributed by atoms with van der Waals surface area (Å²) < 4.78 is 3.85. The molecule has 1 rings (SSSR count). The first-order valence-corrected chi connectivity index (χ1v) is 9.24. The van der Waals surface area contributed by atoms with E-state index in [-0.39, 0.29) is 0 Å². The van der Waals surface area contributed by atoms with Gasteiger partial charge < -0.3 is 4.48 Å². The largest absolute Gasteiger partial charge is 0.444 e. The van der Waals surface area contributed by atoms with E-state index in [1.54, 1.807) is 0 Å². The van der Waals surface area contributed by atoms with Crippen molar-refractivity contribution >= 4 is 31.0 Å². The smallest absolute Gasteiger partial charge is 0.284 e. The summed E-state index contributed by atoms with van der Waals surface area (Å²) in [5.74, 6) is 0. The third-order valence-electron chi connectivity index (χ3n) is 3.80. The lowest BCUT2D eigenvalue weighted by atomic mass is 9.64. The molecule has 0 atom stereocenters. The maximum absolute atomic E-state index is 3.64. The van der Waals surface area contributed by atoms with Crippen molar-refractivity contribution in [2.24, 2.45) is 0 Å². The second kappa shape index (κ2) is 4.13. The van der Waals surface area contributed by atoms with Gasteiger partial charge in [0, 0.05) is 0 Å². The van der Waals surface area contributed by atoms with E-state index in [9.17, 15) is 0 Å². The molecule has 0 aliphatic carbocycles. The van der Waals surface area contributed by atoms with Crippen LogP contribution in [-0.2, 0) is 0 Å². The van der Waals surface area contributed by atoms with Crippen molar-refractivity contribution in [2.45, 2.75) is 45.7 Å². The zero-order chi connectivity index (χ0) is 11.9. The van der Waals surface area contributed by atoms with Crippen LogP contribution in [0, 0.1) is 0 Å². The van der Waals surface area contributed by atoms with Crippen LogP contribution in [0.3, 0.4) is 0 Å². The number of nitrogens with zero attached hydrogens (tertiary/aromatic N) is 1. The van der Waals surface area contributed by atoms with E-state index in [0.717, 1.165) is 0 Å². The highest BCUT2D eigenvalue weighted by Gasteiger charge is 2.43. The van der Waals surface area contributed by atoms with E-state index in [4.69, 9.17) is 0 Å². The third-order valence-corrected chi connectivity index (χ3v) is 10.2. The monoisotopic (exact) mass is 285 g/mol. The van der Waals surface area contributed by atoms with Crippen LogP contribution in [0.25, 0.3) is 0 Å². The van der Waals surface area contributed by atoms with Crippen LogP contribution in [0.2, 0.25) is 25.0 Å². The molecule has 0 aromatic rings. The average Bonchev–Trinajstić information content (AvgIpc) is 2.07. The molecule has 0 radical (unpaired) electrons. The summed E-state index contributed by atoms with van der Waals surface area (Å²) in [6.45, 7) is 14.7. The topological polar surface area (TPSA) is 3.24 Å². The Kier molecular flexibility index (Phi) is 3.61. The summed E-state index contributed by atoms with van der Waals surface area (Å²) in [5, 5.41) is 0.385. The van der Waals surface area contributed by atoms with Gasteiger partial charge in [0.05, 0.1) is 0 Å². The summed E-state index contributed by atoms with van der Waals surface area (Å²) in [7, 11) is -1.43. The molecule has 0 saturated heterocycles. The highest BCUT2D eigenvalue weighted by molar-refractivity contribution is 9.12. The Balaban J connectivity index is 3.00. The van der Waals surface area contributed by atoms with Crippen molar-refractivity contribution in [3.8, 4) is 0 Å². The Morgan fingerprint density at radius 1 is 1.33 bits per heavy atom. The first-order valence-electron chi connectivity index (χ1n) is 5.50. The summed E-state index contributed by atoms with van der Waals surface area (Å²) in [6, 6.07) is 0. The third kappa shape index (κ3) is 2.41. The van der Waals surface area contributed by atoms with Crippen molar-refractivity contribution in [1.29, 1.82) is 0 Å². The second-order valence-corrected chi connectivity index (χ2v) is 11.8. The van der Waals surface area contributed by atoms with Gasteiger partial charge in [0.1, 0.15) is 8.24 Å². The summed E-state index contributed by atoms with van der Waals surface area (Å²) in [4.78, 5) is 0. The Hall–Kier alpha value is 0.0418. The van der Waals surface area contributed by atoms with Gasteiger partial charge in [-0.05, 0) is 21.7 Å². The van der Waals surface area contributed by atoms with Crippen LogP contribution in [-0.4, -0.2) is 19.6 Å². The van der Waals surface area contributed by atoms with Crippen LogP contribution in [0.15, 0.2) is 22.7 Å². The maximum Gasteiger partial charge on any atom is 0.284 e. The minimum atomic E-state index is -1.43. The van der Waals surface area contributed by atoms with Crippen LogP contribution in [0.5, 0.6) is 0 Å². The molecule has 4 heteroatoms. The summed E-state index contributed by atoms with van der Waals surface area (Å²) >= 11 is 3.64. The summed E-state index contributed by atoms with van der Waals surface area (Å²) in [6.07, 6.45) is 6.55. The van der Waals surface area contributed by atoms with Crippen molar-refractivity contribution in [3.05, 3.63) is 22.7 Å². The highest BCUT2D eigenvalue weighted by atomic mass is 79.9. The molecule has 0 fully saturated rings. The molecule has 1 aliphatic rings. The van der Waals surface area contributed by atoms with Gasteiger partial charge in [0.15, 0.2) is 0 Å². The quantitative estimate of drug-likeness (QED) is 0.651. The standard InChI is InChI=1S/C11H21BBrNSi/c1-11(2,3)15(5,6)14-9-7-8-10(13)12(14)4/h7-9H,1-6H3. The zero-order valence-electron chi connectivity index (χ0n) is 10.6. The molecular formula is C11H21BBrNSi.